The lowest BCUT2D eigenvalue weighted by molar-refractivity contribution is 1.32. The summed E-state index contributed by atoms with van der Waals surface area (Å²) in [6.07, 6.45) is 0. The summed E-state index contributed by atoms with van der Waals surface area (Å²) in [6, 6.07) is 59.2. The maximum atomic E-state index is 3.96. The molecule has 270 valence electrons. The SMILES string of the molecule is Cc1cc(C)c(-c2cc(-c3cccc4c3[nH]c3ccc5ccccc5c34)c3c4c2c2cc(-c5ccccc5)cc5c6cc(-c7ccccc7)cc(c6n4c52)B3)c(C)c1. The first-order chi connectivity index (χ1) is 28.5. The van der Waals surface area contributed by atoms with Gasteiger partial charge < -0.3 is 9.38 Å². The van der Waals surface area contributed by atoms with Crippen molar-refractivity contribution in [1.82, 2.24) is 9.38 Å². The van der Waals surface area contributed by atoms with E-state index in [0.717, 1.165) is 7.28 Å². The minimum Gasteiger partial charge on any atom is -0.354 e. The predicted octanol–water partition coefficient (Wildman–Crippen LogP) is 12.9. The van der Waals surface area contributed by atoms with Crippen LogP contribution in [0.15, 0.2) is 158 Å². The van der Waals surface area contributed by atoms with E-state index in [4.69, 9.17) is 0 Å². The Morgan fingerprint density at radius 3 is 1.86 bits per heavy atom. The number of rotatable bonds is 4. The van der Waals surface area contributed by atoms with E-state index in [2.05, 4.69) is 188 Å². The molecule has 4 heterocycles. The highest BCUT2D eigenvalue weighted by Gasteiger charge is 2.32. The maximum Gasteiger partial charge on any atom is 0.198 e. The molecule has 0 saturated heterocycles. The molecule has 3 aromatic heterocycles. The normalized spacial score (nSPS) is 12.5. The van der Waals surface area contributed by atoms with E-state index < -0.39 is 0 Å². The van der Waals surface area contributed by atoms with Crippen LogP contribution < -0.4 is 10.9 Å². The van der Waals surface area contributed by atoms with Gasteiger partial charge in [0.2, 0.25) is 0 Å². The Morgan fingerprint density at radius 2 is 1.10 bits per heavy atom. The van der Waals surface area contributed by atoms with Gasteiger partial charge in [0.25, 0.3) is 0 Å². The highest BCUT2D eigenvalue weighted by Crippen LogP contribution is 2.48. The van der Waals surface area contributed by atoms with Crippen LogP contribution in [-0.2, 0) is 0 Å². The second-order valence-corrected chi connectivity index (χ2v) is 16.7. The summed E-state index contributed by atoms with van der Waals surface area (Å²) in [5, 5.41) is 10.5. The molecule has 3 heteroatoms. The smallest absolute Gasteiger partial charge is 0.198 e. The summed E-state index contributed by atoms with van der Waals surface area (Å²) in [5.74, 6) is 0. The zero-order chi connectivity index (χ0) is 38.4. The van der Waals surface area contributed by atoms with E-state index >= 15 is 0 Å². The van der Waals surface area contributed by atoms with E-state index in [9.17, 15) is 0 Å². The third-order valence-electron chi connectivity index (χ3n) is 13.3. The van der Waals surface area contributed by atoms with Crippen LogP contribution in [-0.4, -0.2) is 16.7 Å². The number of hydrogen-bond donors (Lipinski definition) is 1. The number of para-hydroxylation sites is 1. The summed E-state index contributed by atoms with van der Waals surface area (Å²) in [6.45, 7) is 6.82. The lowest BCUT2D eigenvalue weighted by atomic mass is 9.58. The van der Waals surface area contributed by atoms with Gasteiger partial charge in [-0.1, -0.05) is 138 Å². The van der Waals surface area contributed by atoms with E-state index in [0.29, 0.717) is 0 Å². The molecule has 13 rings (SSSR count). The summed E-state index contributed by atoms with van der Waals surface area (Å²) in [4.78, 5) is 3.96. The molecule has 0 amide bonds. The molecule has 0 bridgehead atoms. The number of aryl methyl sites for hydroxylation is 3. The van der Waals surface area contributed by atoms with Gasteiger partial charge in [-0.3, -0.25) is 0 Å². The minimum absolute atomic E-state index is 0.853. The van der Waals surface area contributed by atoms with Gasteiger partial charge in [0.05, 0.1) is 11.0 Å². The molecule has 9 aromatic carbocycles. The van der Waals surface area contributed by atoms with Crippen molar-refractivity contribution >= 4 is 88.9 Å². The standard InChI is InChI=1S/C55H37BN2/c1-30-23-31(2)48(32(3)24-30)44-29-41(39-19-12-20-40-49-38-18-11-10-17-35(38)21-22-47(49)57-52(39)40)51-55-50(44)45-27-36(33-13-6-4-7-14-33)25-42-43-26-37(34-15-8-5-9-16-34)28-46(56-51)54(43)58(55)53(42)45/h4-29,56-57H,1-3H3. The number of hydrogen-bond acceptors (Lipinski definition) is 0. The average Bonchev–Trinajstić information content (AvgIpc) is 3.92. The van der Waals surface area contributed by atoms with Crippen LogP contribution in [0.1, 0.15) is 16.7 Å². The van der Waals surface area contributed by atoms with Gasteiger partial charge >= 0.3 is 0 Å². The molecule has 0 saturated carbocycles. The lowest BCUT2D eigenvalue weighted by Crippen LogP contribution is -2.34. The fourth-order valence-electron chi connectivity index (χ4n) is 11.1. The third-order valence-corrected chi connectivity index (χ3v) is 13.3. The van der Waals surface area contributed by atoms with Gasteiger partial charge in [-0.25, -0.2) is 0 Å². The molecule has 0 unspecified atom stereocenters. The molecular weight excluding hydrogens is 699 g/mol. The van der Waals surface area contributed by atoms with Gasteiger partial charge in [0.15, 0.2) is 7.28 Å². The van der Waals surface area contributed by atoms with Gasteiger partial charge in [0, 0.05) is 54.4 Å². The molecule has 0 radical (unpaired) electrons. The zero-order valence-electron chi connectivity index (χ0n) is 32.7. The molecule has 0 fully saturated rings. The number of H-pyrrole nitrogens is 1. The Labute approximate surface area is 336 Å². The number of aromatic nitrogens is 2. The first-order valence-electron chi connectivity index (χ1n) is 20.5. The van der Waals surface area contributed by atoms with Crippen LogP contribution in [0.2, 0.25) is 0 Å². The fourth-order valence-corrected chi connectivity index (χ4v) is 11.1. The third kappa shape index (κ3) is 4.23. The van der Waals surface area contributed by atoms with Crippen LogP contribution >= 0.6 is 0 Å². The molecule has 2 nitrogen and oxygen atoms in total. The van der Waals surface area contributed by atoms with Crippen molar-refractivity contribution in [2.24, 2.45) is 0 Å². The van der Waals surface area contributed by atoms with Crippen LogP contribution in [0.5, 0.6) is 0 Å². The first kappa shape index (κ1) is 32.0. The molecule has 1 aliphatic heterocycles. The Morgan fingerprint density at radius 1 is 0.448 bits per heavy atom. The Balaban J connectivity index is 1.24. The topological polar surface area (TPSA) is 20.2 Å². The highest BCUT2D eigenvalue weighted by molar-refractivity contribution is 6.75. The second kappa shape index (κ2) is 11.5. The highest BCUT2D eigenvalue weighted by atomic mass is 14.9. The quantitative estimate of drug-likeness (QED) is 0.174. The summed E-state index contributed by atoms with van der Waals surface area (Å²) in [7, 11) is 0.853. The van der Waals surface area contributed by atoms with Gasteiger partial charge in [-0.05, 0) is 117 Å². The number of nitrogens with one attached hydrogen (secondary N) is 1. The number of benzene rings is 9. The Hall–Kier alpha value is -7.10. The summed E-state index contributed by atoms with van der Waals surface area (Å²) < 4.78 is 2.66. The van der Waals surface area contributed by atoms with Gasteiger partial charge in [0.1, 0.15) is 0 Å². The van der Waals surface area contributed by atoms with Crippen LogP contribution in [0.3, 0.4) is 0 Å². The molecule has 1 aliphatic rings. The van der Waals surface area contributed by atoms with Crippen molar-refractivity contribution < 1.29 is 0 Å². The largest absolute Gasteiger partial charge is 0.354 e. The van der Waals surface area contributed by atoms with Crippen molar-refractivity contribution in [3.63, 3.8) is 0 Å². The molecule has 1 N–H and O–H groups in total. The molecule has 0 spiro atoms. The Kier molecular flexibility index (Phi) is 6.35. The average molecular weight is 737 g/mol. The molecular formula is C55H37BN2. The van der Waals surface area contributed by atoms with Crippen LogP contribution in [0.25, 0.3) is 115 Å². The van der Waals surface area contributed by atoms with Crippen molar-refractivity contribution in [1.29, 1.82) is 0 Å². The summed E-state index contributed by atoms with van der Waals surface area (Å²) in [5.41, 5.74) is 23.3. The predicted molar refractivity (Wildman–Crippen MR) is 250 cm³/mol. The van der Waals surface area contributed by atoms with E-state index in [1.54, 1.807) is 0 Å². The number of fused-ring (bicyclic) bond motifs is 7. The van der Waals surface area contributed by atoms with Crippen molar-refractivity contribution in [3.8, 4) is 44.5 Å². The second-order valence-electron chi connectivity index (χ2n) is 16.7. The maximum absolute atomic E-state index is 3.96. The van der Waals surface area contributed by atoms with Crippen LogP contribution in [0.4, 0.5) is 0 Å². The molecule has 12 aromatic rings. The van der Waals surface area contributed by atoms with Gasteiger partial charge in [-0.2, -0.15) is 0 Å². The fraction of sp³-hybridized carbons (Fsp3) is 0.0545. The monoisotopic (exact) mass is 736 g/mol. The van der Waals surface area contributed by atoms with Crippen molar-refractivity contribution in [2.45, 2.75) is 20.8 Å². The minimum atomic E-state index is 0.853. The first-order valence-corrected chi connectivity index (χ1v) is 20.5. The molecule has 0 aliphatic carbocycles. The summed E-state index contributed by atoms with van der Waals surface area (Å²) >= 11 is 0. The lowest BCUT2D eigenvalue weighted by Gasteiger charge is -2.22. The number of nitrogens with zero attached hydrogens (tertiary/aromatic N) is 1. The molecule has 0 atom stereocenters. The molecule has 58 heavy (non-hydrogen) atoms. The van der Waals surface area contributed by atoms with Crippen molar-refractivity contribution in [2.75, 3.05) is 0 Å². The van der Waals surface area contributed by atoms with Gasteiger partial charge in [-0.15, -0.1) is 0 Å². The Bertz CT molecular complexity index is 3700. The number of aromatic amines is 1. The zero-order valence-corrected chi connectivity index (χ0v) is 32.7. The van der Waals surface area contributed by atoms with Crippen LogP contribution in [0, 0.1) is 20.8 Å². The van der Waals surface area contributed by atoms with Crippen molar-refractivity contribution in [3.05, 3.63) is 174 Å². The van der Waals surface area contributed by atoms with E-state index in [1.165, 1.54) is 143 Å². The van der Waals surface area contributed by atoms with E-state index in [1.807, 2.05) is 0 Å². The van der Waals surface area contributed by atoms with E-state index in [-0.39, 0.29) is 0 Å².